The summed E-state index contributed by atoms with van der Waals surface area (Å²) in [5.41, 5.74) is 4.54. The summed E-state index contributed by atoms with van der Waals surface area (Å²) in [5.74, 6) is -1.23. The van der Waals surface area contributed by atoms with Crippen LogP contribution in [0, 0.1) is 0 Å². The molecule has 0 fully saturated rings. The summed E-state index contributed by atoms with van der Waals surface area (Å²) in [6.45, 7) is 4.95. The van der Waals surface area contributed by atoms with Gasteiger partial charge in [0.05, 0.1) is 12.6 Å². The summed E-state index contributed by atoms with van der Waals surface area (Å²) in [6.07, 6.45) is 0.0116. The maximum atomic E-state index is 9.60. The zero-order valence-corrected chi connectivity index (χ0v) is 7.99. The average molecular weight is 268 g/mol. The second-order valence-electron chi connectivity index (χ2n) is 1.28. The van der Waals surface area contributed by atoms with Crippen LogP contribution in [0.2, 0.25) is 0 Å². The van der Waals surface area contributed by atoms with Gasteiger partial charge in [-0.3, -0.25) is 0 Å². The van der Waals surface area contributed by atoms with Gasteiger partial charge in [0.15, 0.2) is 0 Å². The van der Waals surface area contributed by atoms with Crippen LogP contribution in [0.1, 0.15) is 6.92 Å². The van der Waals surface area contributed by atoms with E-state index in [4.69, 9.17) is 9.90 Å². The molecule has 1 amide bonds. The Hall–Kier alpha value is -0.780. The fourth-order valence-corrected chi connectivity index (χ4v) is 0.142. The van der Waals surface area contributed by atoms with Crippen LogP contribution in [-0.2, 0) is 31.9 Å². The van der Waals surface area contributed by atoms with Crippen molar-refractivity contribution in [3.05, 3.63) is 12.7 Å². The van der Waals surface area contributed by atoms with E-state index >= 15 is 0 Å². The van der Waals surface area contributed by atoms with E-state index in [1.807, 2.05) is 0 Å². The van der Waals surface area contributed by atoms with Crippen LogP contribution in [0.15, 0.2) is 12.7 Å². The van der Waals surface area contributed by atoms with Gasteiger partial charge in [0.1, 0.15) is 0 Å². The number of carboxylic acids is 1. The van der Waals surface area contributed by atoms with Crippen molar-refractivity contribution in [2.45, 2.75) is 6.92 Å². The Morgan fingerprint density at radius 3 is 2.00 bits per heavy atom. The minimum absolute atomic E-state index is 0. The van der Waals surface area contributed by atoms with Crippen LogP contribution in [0.3, 0.4) is 0 Å². The van der Waals surface area contributed by atoms with Crippen LogP contribution in [0.5, 0.6) is 0 Å². The molecular formula is C6H10AgNO4. The summed E-state index contributed by atoms with van der Waals surface area (Å²) >= 11 is 0. The second kappa shape index (κ2) is 12.9. The first-order valence-corrected chi connectivity index (χ1v) is 2.80. The van der Waals surface area contributed by atoms with Gasteiger partial charge in [0, 0.05) is 0 Å². The third-order valence-electron chi connectivity index (χ3n) is 0.453. The van der Waals surface area contributed by atoms with E-state index in [0.29, 0.717) is 6.61 Å². The molecule has 0 aliphatic rings. The molecular weight excluding hydrogens is 258 g/mol. The van der Waals surface area contributed by atoms with Gasteiger partial charge in [-0.2, -0.15) is 0 Å². The molecule has 12 heavy (non-hydrogen) atoms. The number of carbonyl (C=O) groups is 2. The Labute approximate surface area is 86.1 Å². The smallest absolute Gasteiger partial charge is 0.545 e. The summed E-state index contributed by atoms with van der Waals surface area (Å²) in [5, 5.41) is 9.14. The second-order valence-corrected chi connectivity index (χ2v) is 1.28. The molecule has 0 heterocycles. The van der Waals surface area contributed by atoms with E-state index < -0.39 is 12.1 Å². The fraction of sp³-hybridized carbons (Fsp3) is 0.333. The first kappa shape index (κ1) is 17.3. The van der Waals surface area contributed by atoms with E-state index in [9.17, 15) is 4.79 Å². The van der Waals surface area contributed by atoms with Crippen LogP contribution in [0.4, 0.5) is 4.79 Å². The molecule has 5 nitrogen and oxygen atoms in total. The van der Waals surface area contributed by atoms with E-state index in [-0.39, 0.29) is 22.4 Å². The van der Waals surface area contributed by atoms with Crippen LogP contribution >= 0.6 is 0 Å². The number of rotatable bonds is 2. The van der Waals surface area contributed by atoms with Gasteiger partial charge in [-0.05, 0) is 13.0 Å². The number of aliphatic carboxylic acids is 1. The first-order valence-electron chi connectivity index (χ1n) is 2.80. The summed E-state index contributed by atoms with van der Waals surface area (Å²) in [4.78, 5) is 18.7. The minimum Gasteiger partial charge on any atom is -0.545 e. The van der Waals surface area contributed by atoms with Crippen molar-refractivity contribution in [2.24, 2.45) is 5.73 Å². The summed E-state index contributed by atoms with van der Waals surface area (Å²) < 4.78 is 4.18. The molecule has 0 aromatic rings. The molecule has 0 rings (SSSR count). The third-order valence-corrected chi connectivity index (χ3v) is 0.453. The molecule has 2 N–H and O–H groups in total. The van der Waals surface area contributed by atoms with Crippen molar-refractivity contribution in [1.82, 2.24) is 0 Å². The Kier molecular flexibility index (Phi) is 18.6. The number of ether oxygens (including phenoxy) is 1. The number of hydrogen-bond donors (Lipinski definition) is 1. The van der Waals surface area contributed by atoms with Gasteiger partial charge < -0.3 is 20.4 Å². The van der Waals surface area contributed by atoms with Gasteiger partial charge in [-0.15, -0.1) is 0 Å². The van der Waals surface area contributed by atoms with Crippen molar-refractivity contribution in [3.63, 3.8) is 0 Å². The number of carboxylic acid groups (broad SMARTS) is 1. The Bertz CT molecular complexity index is 148. The van der Waals surface area contributed by atoms with Gasteiger partial charge in [-0.1, -0.05) is 6.58 Å². The van der Waals surface area contributed by atoms with Gasteiger partial charge >= 0.3 is 28.5 Å². The molecule has 0 aliphatic carbocycles. The van der Waals surface area contributed by atoms with Crippen molar-refractivity contribution in [3.8, 4) is 0 Å². The average Bonchev–Trinajstić information content (AvgIpc) is 1.89. The summed E-state index contributed by atoms with van der Waals surface area (Å²) in [6, 6.07) is 0. The quantitative estimate of drug-likeness (QED) is 0.514. The number of nitrogens with two attached hydrogens (primary N) is 1. The van der Waals surface area contributed by atoms with E-state index in [1.165, 1.54) is 0 Å². The normalized spacial score (nSPS) is 6.42. The molecule has 0 unspecified atom stereocenters. The maximum Gasteiger partial charge on any atom is 1.00 e. The number of primary amides is 1. The predicted octanol–water partition coefficient (Wildman–Crippen LogP) is -0.979. The molecule has 6 heteroatoms. The molecule has 74 valence electrons. The molecule has 0 radical (unpaired) electrons. The Balaban J connectivity index is -0.000000126. The van der Waals surface area contributed by atoms with Gasteiger partial charge in [0.2, 0.25) is 0 Å². The van der Waals surface area contributed by atoms with Crippen molar-refractivity contribution >= 4 is 12.1 Å². The first-order chi connectivity index (χ1) is 5.04. The van der Waals surface area contributed by atoms with Gasteiger partial charge in [0.25, 0.3) is 0 Å². The monoisotopic (exact) mass is 267 g/mol. The zero-order valence-electron chi connectivity index (χ0n) is 6.50. The molecule has 0 saturated heterocycles. The molecule has 0 aromatic carbocycles. The maximum absolute atomic E-state index is 9.60. The predicted molar refractivity (Wildman–Crippen MR) is 36.4 cm³/mol. The van der Waals surface area contributed by atoms with Crippen LogP contribution in [-0.4, -0.2) is 18.7 Å². The largest absolute Gasteiger partial charge is 1.00 e. The van der Waals surface area contributed by atoms with Crippen molar-refractivity contribution in [2.75, 3.05) is 6.61 Å². The van der Waals surface area contributed by atoms with Crippen LogP contribution in [0.25, 0.3) is 0 Å². The number of hydrogen-bond acceptors (Lipinski definition) is 4. The minimum atomic E-state index is -1.23. The van der Waals surface area contributed by atoms with Crippen molar-refractivity contribution < 1.29 is 41.8 Å². The SMILES string of the molecule is C=CC(=O)[O-].CCOC(N)=O.[Ag+]. The van der Waals surface area contributed by atoms with Crippen LogP contribution < -0.4 is 10.8 Å². The molecule has 0 aromatic heterocycles. The van der Waals surface area contributed by atoms with E-state index in [1.54, 1.807) is 6.92 Å². The van der Waals surface area contributed by atoms with Gasteiger partial charge in [-0.25, -0.2) is 4.79 Å². The molecule has 0 aliphatic heterocycles. The van der Waals surface area contributed by atoms with E-state index in [0.717, 1.165) is 6.08 Å². The fourth-order valence-electron chi connectivity index (χ4n) is 0.142. The molecule has 0 saturated carbocycles. The molecule has 0 bridgehead atoms. The topological polar surface area (TPSA) is 92.4 Å². The zero-order chi connectivity index (χ0) is 9.28. The van der Waals surface area contributed by atoms with E-state index in [2.05, 4.69) is 17.0 Å². The third kappa shape index (κ3) is 35.0. The number of amides is 1. The van der Waals surface area contributed by atoms with Crippen molar-refractivity contribution in [1.29, 1.82) is 0 Å². The standard InChI is InChI=1S/C3H7NO2.C3H4O2.Ag/c1-2-6-3(4)5;1-2-3(4)5;/h2H2,1H3,(H2,4,5);2H,1H2,(H,4,5);/q;;+1/p-1. The Morgan fingerprint density at radius 1 is 1.67 bits per heavy atom. The Morgan fingerprint density at radius 2 is 2.00 bits per heavy atom. The number of carbonyl (C=O) groups excluding carboxylic acids is 2. The molecule has 0 atom stereocenters. The summed E-state index contributed by atoms with van der Waals surface area (Å²) in [7, 11) is 0. The molecule has 0 spiro atoms.